The molecule has 2 heterocycles. The van der Waals surface area contributed by atoms with Crippen molar-refractivity contribution in [1.82, 2.24) is 4.57 Å². The predicted molar refractivity (Wildman–Crippen MR) is 125 cm³/mol. The number of hydrogen-bond donors (Lipinski definition) is 0. The number of nitrogens with zero attached hydrogens (tertiary/aromatic N) is 2. The van der Waals surface area contributed by atoms with Gasteiger partial charge in [-0.3, -0.25) is 14.2 Å². The fourth-order valence-electron chi connectivity index (χ4n) is 3.64. The van der Waals surface area contributed by atoms with E-state index in [1.165, 1.54) is 29.9 Å². The summed E-state index contributed by atoms with van der Waals surface area (Å²) in [6, 6.07) is 13.1. The summed E-state index contributed by atoms with van der Waals surface area (Å²) in [4.78, 5) is 42.4. The highest BCUT2D eigenvalue weighted by Crippen LogP contribution is 2.31. The van der Waals surface area contributed by atoms with E-state index < -0.39 is 18.0 Å². The highest BCUT2D eigenvalue weighted by molar-refractivity contribution is 7.07. The molecule has 33 heavy (non-hydrogen) atoms. The molecule has 1 aliphatic rings. The van der Waals surface area contributed by atoms with E-state index in [2.05, 4.69) is 4.99 Å². The summed E-state index contributed by atoms with van der Waals surface area (Å²) in [7, 11) is 1.29. The molecule has 0 aliphatic carbocycles. The molecule has 168 valence electrons. The van der Waals surface area contributed by atoms with Crippen LogP contribution in [0.3, 0.4) is 0 Å². The Morgan fingerprint density at radius 1 is 1.18 bits per heavy atom. The number of methoxy groups -OCH3 is 1. The quantitative estimate of drug-likeness (QED) is 0.421. The van der Waals surface area contributed by atoms with Gasteiger partial charge in [-0.25, -0.2) is 9.79 Å². The molecule has 0 saturated carbocycles. The molecule has 0 N–H and O–H groups in total. The second-order valence-corrected chi connectivity index (χ2v) is 8.74. The standard InChI is InChI=1S/C24H19ClN2O5S/c1-13-20(23(30)31-3)21(16-7-9-18(10-8-16)32-14(2)28)27-22(29)19(33-24(27)26-13)12-15-5-4-6-17(25)11-15/h4-12,21H,1-3H3/b19-12-. The average molecular weight is 483 g/mol. The lowest BCUT2D eigenvalue weighted by molar-refractivity contribution is -0.136. The Hall–Kier alpha value is -3.49. The third-order valence-corrected chi connectivity index (χ3v) is 6.25. The molecule has 0 amide bonds. The summed E-state index contributed by atoms with van der Waals surface area (Å²) < 4.78 is 12.0. The van der Waals surface area contributed by atoms with E-state index in [-0.39, 0.29) is 11.1 Å². The van der Waals surface area contributed by atoms with Gasteiger partial charge in [-0.2, -0.15) is 0 Å². The average Bonchev–Trinajstić information content (AvgIpc) is 3.07. The highest BCUT2D eigenvalue weighted by atomic mass is 35.5. The molecule has 2 aromatic carbocycles. The van der Waals surface area contributed by atoms with E-state index in [0.717, 1.165) is 5.56 Å². The van der Waals surface area contributed by atoms with Crippen molar-refractivity contribution in [3.63, 3.8) is 0 Å². The number of hydrogen-bond acceptors (Lipinski definition) is 7. The predicted octanol–water partition coefficient (Wildman–Crippen LogP) is 2.99. The molecule has 9 heteroatoms. The monoisotopic (exact) mass is 482 g/mol. The first kappa shape index (κ1) is 22.7. The van der Waals surface area contributed by atoms with E-state index >= 15 is 0 Å². The maximum absolute atomic E-state index is 13.5. The van der Waals surface area contributed by atoms with E-state index in [1.807, 2.05) is 6.07 Å². The minimum atomic E-state index is -0.749. The van der Waals surface area contributed by atoms with E-state index in [1.54, 1.807) is 55.5 Å². The molecular formula is C24H19ClN2O5S. The van der Waals surface area contributed by atoms with Gasteiger partial charge in [0.25, 0.3) is 5.56 Å². The number of carbonyl (C=O) groups excluding carboxylic acids is 2. The van der Waals surface area contributed by atoms with Crippen LogP contribution in [-0.4, -0.2) is 23.6 Å². The van der Waals surface area contributed by atoms with Crippen molar-refractivity contribution in [3.8, 4) is 5.75 Å². The molecule has 1 unspecified atom stereocenters. The maximum atomic E-state index is 13.5. The van der Waals surface area contributed by atoms with Gasteiger partial charge in [0.1, 0.15) is 5.75 Å². The largest absolute Gasteiger partial charge is 0.466 e. The van der Waals surface area contributed by atoms with Crippen LogP contribution in [0.25, 0.3) is 6.08 Å². The molecule has 1 atom stereocenters. The summed E-state index contributed by atoms with van der Waals surface area (Å²) in [6.45, 7) is 3.02. The van der Waals surface area contributed by atoms with Gasteiger partial charge in [-0.15, -0.1) is 0 Å². The minimum absolute atomic E-state index is 0.263. The first-order valence-corrected chi connectivity index (χ1v) is 11.1. The fourth-order valence-corrected chi connectivity index (χ4v) is 4.89. The van der Waals surface area contributed by atoms with Crippen molar-refractivity contribution >= 4 is 41.0 Å². The fraction of sp³-hybridized carbons (Fsp3) is 0.167. The second kappa shape index (κ2) is 9.17. The van der Waals surface area contributed by atoms with Crippen molar-refractivity contribution in [3.05, 3.63) is 95.6 Å². The van der Waals surface area contributed by atoms with Gasteiger partial charge < -0.3 is 9.47 Å². The summed E-state index contributed by atoms with van der Waals surface area (Å²) in [5, 5.41) is 0.561. The number of rotatable bonds is 4. The van der Waals surface area contributed by atoms with Crippen LogP contribution >= 0.6 is 22.9 Å². The Morgan fingerprint density at radius 2 is 1.91 bits per heavy atom. The Bertz CT molecular complexity index is 1470. The molecule has 0 fully saturated rings. The lowest BCUT2D eigenvalue weighted by Crippen LogP contribution is -2.39. The summed E-state index contributed by atoms with van der Waals surface area (Å²) >= 11 is 7.31. The zero-order chi connectivity index (χ0) is 23.7. The lowest BCUT2D eigenvalue weighted by Gasteiger charge is -2.24. The second-order valence-electron chi connectivity index (χ2n) is 7.29. The smallest absolute Gasteiger partial charge is 0.338 e. The molecule has 3 aromatic rings. The van der Waals surface area contributed by atoms with E-state index in [9.17, 15) is 14.4 Å². The first-order chi connectivity index (χ1) is 15.8. The van der Waals surface area contributed by atoms with Crippen LogP contribution in [0.5, 0.6) is 5.75 Å². The van der Waals surface area contributed by atoms with Crippen LogP contribution in [0.1, 0.15) is 31.0 Å². The van der Waals surface area contributed by atoms with E-state index in [4.69, 9.17) is 21.1 Å². The summed E-state index contributed by atoms with van der Waals surface area (Å²) in [6.07, 6.45) is 1.74. The van der Waals surface area contributed by atoms with Gasteiger partial charge in [0.15, 0.2) is 4.80 Å². The third kappa shape index (κ3) is 4.53. The Kier molecular flexibility index (Phi) is 6.31. The van der Waals surface area contributed by atoms with Crippen molar-refractivity contribution in [2.45, 2.75) is 19.9 Å². The van der Waals surface area contributed by atoms with Crippen molar-refractivity contribution in [2.24, 2.45) is 4.99 Å². The first-order valence-electron chi connectivity index (χ1n) is 9.93. The van der Waals surface area contributed by atoms with Crippen LogP contribution in [0.4, 0.5) is 0 Å². The molecule has 1 aliphatic heterocycles. The molecule has 4 rings (SSSR count). The summed E-state index contributed by atoms with van der Waals surface area (Å²) in [5.41, 5.74) is 1.86. The van der Waals surface area contributed by atoms with Gasteiger partial charge in [-0.05, 0) is 48.4 Å². The van der Waals surface area contributed by atoms with Crippen molar-refractivity contribution in [1.29, 1.82) is 0 Å². The number of fused-ring (bicyclic) bond motifs is 1. The molecule has 0 spiro atoms. The minimum Gasteiger partial charge on any atom is -0.466 e. The topological polar surface area (TPSA) is 87.0 Å². The zero-order valence-electron chi connectivity index (χ0n) is 18.0. The molecule has 0 radical (unpaired) electrons. The Balaban J connectivity index is 1.91. The molecule has 0 saturated heterocycles. The van der Waals surface area contributed by atoms with Gasteiger partial charge in [0.2, 0.25) is 0 Å². The Labute approximate surface area is 197 Å². The number of allylic oxidation sites excluding steroid dienone is 1. The maximum Gasteiger partial charge on any atom is 0.338 e. The van der Waals surface area contributed by atoms with Crippen LogP contribution < -0.4 is 19.6 Å². The number of benzene rings is 2. The Morgan fingerprint density at radius 3 is 2.55 bits per heavy atom. The third-order valence-electron chi connectivity index (χ3n) is 5.03. The van der Waals surface area contributed by atoms with Gasteiger partial charge in [0.05, 0.1) is 29.0 Å². The van der Waals surface area contributed by atoms with E-state index in [0.29, 0.717) is 31.4 Å². The lowest BCUT2D eigenvalue weighted by atomic mass is 9.96. The molecular weight excluding hydrogens is 464 g/mol. The summed E-state index contributed by atoms with van der Waals surface area (Å²) in [5.74, 6) is -0.655. The number of esters is 2. The van der Waals surface area contributed by atoms with Gasteiger partial charge >= 0.3 is 11.9 Å². The van der Waals surface area contributed by atoms with Crippen LogP contribution in [-0.2, 0) is 14.3 Å². The van der Waals surface area contributed by atoms with Crippen LogP contribution in [0.2, 0.25) is 5.02 Å². The highest BCUT2D eigenvalue weighted by Gasteiger charge is 2.33. The van der Waals surface area contributed by atoms with Gasteiger partial charge in [-0.1, -0.05) is 47.2 Å². The number of carbonyl (C=O) groups is 2. The van der Waals surface area contributed by atoms with Gasteiger partial charge in [0, 0.05) is 11.9 Å². The molecule has 1 aromatic heterocycles. The van der Waals surface area contributed by atoms with Crippen LogP contribution in [0.15, 0.2) is 69.6 Å². The van der Waals surface area contributed by atoms with Crippen molar-refractivity contribution in [2.75, 3.05) is 7.11 Å². The van der Waals surface area contributed by atoms with Crippen molar-refractivity contribution < 1.29 is 19.1 Å². The normalized spacial score (nSPS) is 15.6. The number of ether oxygens (including phenoxy) is 2. The molecule has 0 bridgehead atoms. The van der Waals surface area contributed by atoms with Crippen LogP contribution in [0, 0.1) is 0 Å². The number of thiazole rings is 1. The molecule has 7 nitrogen and oxygen atoms in total. The number of aromatic nitrogens is 1. The SMILES string of the molecule is COC(=O)C1=C(C)N=c2s/c(=C\c3cccc(Cl)c3)c(=O)n2C1c1ccc(OC(C)=O)cc1. The zero-order valence-corrected chi connectivity index (χ0v) is 19.6. The number of halogens is 1.